The molecule has 0 aliphatic carbocycles. The van der Waals surface area contributed by atoms with Crippen molar-refractivity contribution < 1.29 is 19.1 Å². The van der Waals surface area contributed by atoms with Crippen LogP contribution in [0.15, 0.2) is 24.3 Å². The molecule has 2 rings (SSSR count). The zero-order chi connectivity index (χ0) is 15.2. The van der Waals surface area contributed by atoms with Crippen LogP contribution in [0.25, 0.3) is 0 Å². The minimum atomic E-state index is -0.542. The second kappa shape index (κ2) is 6.97. The first-order valence-corrected chi connectivity index (χ1v) is 7.01. The van der Waals surface area contributed by atoms with Crippen molar-refractivity contribution in [3.8, 4) is 5.75 Å². The van der Waals surface area contributed by atoms with Crippen LogP contribution >= 0.6 is 0 Å². The van der Waals surface area contributed by atoms with E-state index < -0.39 is 6.09 Å². The number of rotatable bonds is 6. The fourth-order valence-corrected chi connectivity index (χ4v) is 2.16. The second-order valence-electron chi connectivity index (χ2n) is 4.84. The Bertz CT molecular complexity index is 501. The molecule has 21 heavy (non-hydrogen) atoms. The molecule has 114 valence electrons. The third-order valence-electron chi connectivity index (χ3n) is 3.44. The van der Waals surface area contributed by atoms with Gasteiger partial charge in [0.25, 0.3) is 0 Å². The molecule has 1 fully saturated rings. The van der Waals surface area contributed by atoms with E-state index in [0.29, 0.717) is 6.54 Å². The summed E-state index contributed by atoms with van der Waals surface area (Å²) in [6.07, 6.45) is 0.498. The van der Waals surface area contributed by atoms with Crippen LogP contribution in [0.3, 0.4) is 0 Å². The summed E-state index contributed by atoms with van der Waals surface area (Å²) in [5.74, 6) is 0.579. The summed E-state index contributed by atoms with van der Waals surface area (Å²) in [4.78, 5) is 24.6. The number of carbonyl (C=O) groups is 2. The number of hydrogen-bond acceptors (Lipinski definition) is 5. The summed E-state index contributed by atoms with van der Waals surface area (Å²) in [5, 5.41) is 3.29. The Hall–Kier alpha value is -2.24. The molecule has 2 amide bonds. The number of hydrogen-bond donors (Lipinski definition) is 1. The lowest BCUT2D eigenvalue weighted by Crippen LogP contribution is -2.35. The topological polar surface area (TPSA) is 67.9 Å². The average Bonchev–Trinajstić information content (AvgIpc) is 2.93. The van der Waals surface area contributed by atoms with Gasteiger partial charge in [-0.15, -0.1) is 0 Å². The smallest absolute Gasteiger partial charge is 0.416 e. The van der Waals surface area contributed by atoms with Gasteiger partial charge in [-0.2, -0.15) is 0 Å². The van der Waals surface area contributed by atoms with E-state index in [9.17, 15) is 9.59 Å². The highest BCUT2D eigenvalue weighted by atomic mass is 16.6. The highest BCUT2D eigenvalue weighted by Gasteiger charge is 2.29. The normalized spacial score (nSPS) is 15.5. The lowest BCUT2D eigenvalue weighted by atomic mass is 10.1. The zero-order valence-electron chi connectivity index (χ0n) is 12.3. The van der Waals surface area contributed by atoms with Crippen LogP contribution in [0.1, 0.15) is 19.8 Å². The SMILES string of the molecule is CCC(CC(=O)N1CCOC1=O)Nc1ccc(OC)cc1. The van der Waals surface area contributed by atoms with Crippen LogP contribution in [0.2, 0.25) is 0 Å². The Morgan fingerprint density at radius 2 is 2.14 bits per heavy atom. The summed E-state index contributed by atoms with van der Waals surface area (Å²) in [6, 6.07) is 7.48. The number of cyclic esters (lactones) is 1. The van der Waals surface area contributed by atoms with Crippen LogP contribution in [0.4, 0.5) is 10.5 Å². The summed E-state index contributed by atoms with van der Waals surface area (Å²) in [6.45, 7) is 2.63. The number of imide groups is 1. The first-order chi connectivity index (χ1) is 10.1. The van der Waals surface area contributed by atoms with Crippen molar-refractivity contribution in [2.45, 2.75) is 25.8 Å². The molecule has 6 heteroatoms. The number of carbonyl (C=O) groups excluding carboxylic acids is 2. The molecule has 1 aliphatic rings. The van der Waals surface area contributed by atoms with Gasteiger partial charge in [0, 0.05) is 18.2 Å². The van der Waals surface area contributed by atoms with Crippen molar-refractivity contribution in [1.29, 1.82) is 0 Å². The molecule has 1 aromatic rings. The van der Waals surface area contributed by atoms with Crippen molar-refractivity contribution in [3.63, 3.8) is 0 Å². The van der Waals surface area contributed by atoms with E-state index in [-0.39, 0.29) is 25.0 Å². The molecule has 1 aromatic carbocycles. The molecule has 6 nitrogen and oxygen atoms in total. The van der Waals surface area contributed by atoms with Crippen molar-refractivity contribution in [2.75, 3.05) is 25.6 Å². The molecule has 0 spiro atoms. The monoisotopic (exact) mass is 292 g/mol. The Morgan fingerprint density at radius 3 is 2.67 bits per heavy atom. The molecule has 1 unspecified atom stereocenters. The lowest BCUT2D eigenvalue weighted by molar-refractivity contribution is -0.128. The molecular weight excluding hydrogens is 272 g/mol. The molecule has 1 N–H and O–H groups in total. The largest absolute Gasteiger partial charge is 0.497 e. The first-order valence-electron chi connectivity index (χ1n) is 7.01. The predicted molar refractivity (Wildman–Crippen MR) is 78.4 cm³/mol. The minimum absolute atomic E-state index is 0.0284. The number of anilines is 1. The molecule has 1 aliphatic heterocycles. The van der Waals surface area contributed by atoms with Crippen molar-refractivity contribution in [3.05, 3.63) is 24.3 Å². The van der Waals surface area contributed by atoms with Crippen LogP contribution in [-0.2, 0) is 9.53 Å². The quantitative estimate of drug-likeness (QED) is 0.871. The average molecular weight is 292 g/mol. The Balaban J connectivity index is 1.92. The van der Waals surface area contributed by atoms with Crippen LogP contribution in [0, 0.1) is 0 Å². The van der Waals surface area contributed by atoms with E-state index in [2.05, 4.69) is 5.32 Å². The maximum atomic E-state index is 12.1. The van der Waals surface area contributed by atoms with E-state index in [1.54, 1.807) is 7.11 Å². The maximum absolute atomic E-state index is 12.1. The number of nitrogens with zero attached hydrogens (tertiary/aromatic N) is 1. The Morgan fingerprint density at radius 1 is 1.43 bits per heavy atom. The first kappa shape index (κ1) is 15.2. The fourth-order valence-electron chi connectivity index (χ4n) is 2.16. The number of amides is 2. The van der Waals surface area contributed by atoms with Crippen molar-refractivity contribution >= 4 is 17.7 Å². The van der Waals surface area contributed by atoms with Crippen molar-refractivity contribution in [2.24, 2.45) is 0 Å². The molecule has 0 bridgehead atoms. The number of ether oxygens (including phenoxy) is 2. The highest BCUT2D eigenvalue weighted by molar-refractivity contribution is 5.93. The predicted octanol–water partition coefficient (Wildman–Crippen LogP) is 2.25. The molecule has 1 atom stereocenters. The van der Waals surface area contributed by atoms with Crippen LogP contribution < -0.4 is 10.1 Å². The highest BCUT2D eigenvalue weighted by Crippen LogP contribution is 2.18. The van der Waals surface area contributed by atoms with Gasteiger partial charge < -0.3 is 14.8 Å². The number of nitrogens with one attached hydrogen (secondary N) is 1. The minimum Gasteiger partial charge on any atom is -0.497 e. The van der Waals surface area contributed by atoms with Crippen LogP contribution in [0.5, 0.6) is 5.75 Å². The molecule has 0 radical (unpaired) electrons. The third-order valence-corrected chi connectivity index (χ3v) is 3.44. The van der Waals surface area contributed by atoms with Gasteiger partial charge in [-0.25, -0.2) is 9.69 Å². The van der Waals surface area contributed by atoms with Gasteiger partial charge in [-0.05, 0) is 30.7 Å². The third kappa shape index (κ3) is 3.87. The molecule has 1 heterocycles. The standard InChI is InChI=1S/C15H20N2O4/c1-3-11(10-14(18)17-8-9-21-15(17)19)16-12-4-6-13(20-2)7-5-12/h4-7,11,16H,3,8-10H2,1-2H3. The van der Waals surface area contributed by atoms with Gasteiger partial charge in [0.2, 0.25) is 5.91 Å². The lowest BCUT2D eigenvalue weighted by Gasteiger charge is -2.20. The van der Waals surface area contributed by atoms with E-state index >= 15 is 0 Å². The number of methoxy groups -OCH3 is 1. The van der Waals surface area contributed by atoms with Gasteiger partial charge in [0.1, 0.15) is 12.4 Å². The van der Waals surface area contributed by atoms with E-state index in [1.165, 1.54) is 4.90 Å². The van der Waals surface area contributed by atoms with Gasteiger partial charge >= 0.3 is 6.09 Å². The van der Waals surface area contributed by atoms with Gasteiger partial charge in [0.05, 0.1) is 13.7 Å². The van der Waals surface area contributed by atoms with Crippen LogP contribution in [-0.4, -0.2) is 43.2 Å². The van der Waals surface area contributed by atoms with Crippen molar-refractivity contribution in [1.82, 2.24) is 4.90 Å². The summed E-state index contributed by atoms with van der Waals surface area (Å²) < 4.78 is 9.88. The molecular formula is C15H20N2O4. The number of benzene rings is 1. The maximum Gasteiger partial charge on any atom is 0.416 e. The van der Waals surface area contributed by atoms with E-state index in [0.717, 1.165) is 17.9 Å². The van der Waals surface area contributed by atoms with Gasteiger partial charge in [-0.1, -0.05) is 6.92 Å². The van der Waals surface area contributed by atoms with Gasteiger partial charge in [-0.3, -0.25) is 4.79 Å². The summed E-state index contributed by atoms with van der Waals surface area (Å²) >= 11 is 0. The molecule has 0 saturated carbocycles. The summed E-state index contributed by atoms with van der Waals surface area (Å²) in [5.41, 5.74) is 0.916. The fraction of sp³-hybridized carbons (Fsp3) is 0.467. The summed E-state index contributed by atoms with van der Waals surface area (Å²) in [7, 11) is 1.62. The van der Waals surface area contributed by atoms with E-state index in [4.69, 9.17) is 9.47 Å². The zero-order valence-corrected chi connectivity index (χ0v) is 12.3. The van der Waals surface area contributed by atoms with E-state index in [1.807, 2.05) is 31.2 Å². The Labute approximate surface area is 124 Å². The molecule has 0 aromatic heterocycles. The second-order valence-corrected chi connectivity index (χ2v) is 4.84. The Kier molecular flexibility index (Phi) is 5.03. The van der Waals surface area contributed by atoms with Gasteiger partial charge in [0.15, 0.2) is 0 Å². The molecule has 1 saturated heterocycles.